The molecule has 1 atom stereocenters. The van der Waals surface area contributed by atoms with Gasteiger partial charge in [-0.2, -0.15) is 0 Å². The maximum absolute atomic E-state index is 13.1. The standard InChI is InChI=1S/C18H21ClFNO6S/c1-12(22)26-11-27-18(23)15-5-3-2-4-13(15)8-9-28(24,25)21-17-7-6-14(20)10-16(17)19/h5-7,10,13,21H,2-4,8-9,11H2,1H3. The second-order valence-corrected chi connectivity index (χ2v) is 8.56. The lowest BCUT2D eigenvalue weighted by Crippen LogP contribution is -2.24. The number of carbonyl (C=O) groups is 2. The van der Waals surface area contributed by atoms with E-state index >= 15 is 0 Å². The SMILES string of the molecule is CC(=O)OCOC(=O)C1=CCCCC1CCS(=O)(=O)Nc1ccc(F)cc1Cl. The molecule has 1 N–H and O–H groups in total. The lowest BCUT2D eigenvalue weighted by atomic mass is 9.86. The minimum Gasteiger partial charge on any atom is -0.428 e. The third kappa shape index (κ3) is 6.79. The summed E-state index contributed by atoms with van der Waals surface area (Å²) in [6.45, 7) is 0.711. The Balaban J connectivity index is 1.96. The van der Waals surface area contributed by atoms with Crippen LogP contribution >= 0.6 is 11.6 Å². The fourth-order valence-corrected chi connectivity index (χ4v) is 4.31. The Kier molecular flexibility index (Phi) is 7.82. The number of halogens is 2. The lowest BCUT2D eigenvalue weighted by molar-refractivity contribution is -0.163. The number of anilines is 1. The number of nitrogens with one attached hydrogen (secondary N) is 1. The van der Waals surface area contributed by atoms with Crippen LogP contribution in [0.25, 0.3) is 0 Å². The molecule has 1 aliphatic rings. The van der Waals surface area contributed by atoms with Crippen molar-refractivity contribution in [2.75, 3.05) is 17.3 Å². The second kappa shape index (κ2) is 9.88. The van der Waals surface area contributed by atoms with Crippen LogP contribution in [0.15, 0.2) is 29.8 Å². The van der Waals surface area contributed by atoms with E-state index in [1.807, 2.05) is 0 Å². The highest BCUT2D eigenvalue weighted by atomic mass is 35.5. The average Bonchev–Trinajstić information content (AvgIpc) is 2.62. The minimum absolute atomic E-state index is 0.0455. The van der Waals surface area contributed by atoms with Gasteiger partial charge in [-0.3, -0.25) is 9.52 Å². The molecule has 28 heavy (non-hydrogen) atoms. The van der Waals surface area contributed by atoms with Crippen LogP contribution in [0.4, 0.5) is 10.1 Å². The van der Waals surface area contributed by atoms with E-state index in [0.717, 1.165) is 18.6 Å². The van der Waals surface area contributed by atoms with E-state index in [4.69, 9.17) is 16.3 Å². The van der Waals surface area contributed by atoms with Crippen LogP contribution < -0.4 is 4.72 Å². The summed E-state index contributed by atoms with van der Waals surface area (Å²) >= 11 is 5.85. The molecule has 0 aliphatic heterocycles. The highest BCUT2D eigenvalue weighted by molar-refractivity contribution is 7.92. The summed E-state index contributed by atoms with van der Waals surface area (Å²) in [7, 11) is -3.75. The number of sulfonamides is 1. The maximum Gasteiger partial charge on any atom is 0.336 e. The number of carbonyl (C=O) groups excluding carboxylic acids is 2. The van der Waals surface area contributed by atoms with E-state index in [2.05, 4.69) is 9.46 Å². The first-order valence-corrected chi connectivity index (χ1v) is 10.7. The van der Waals surface area contributed by atoms with E-state index in [0.29, 0.717) is 18.4 Å². The van der Waals surface area contributed by atoms with Crippen LogP contribution in [0.5, 0.6) is 0 Å². The van der Waals surface area contributed by atoms with Gasteiger partial charge >= 0.3 is 11.9 Å². The van der Waals surface area contributed by atoms with Gasteiger partial charge in [0.25, 0.3) is 0 Å². The number of allylic oxidation sites excluding steroid dienone is 1. The molecule has 10 heteroatoms. The molecule has 0 saturated carbocycles. The summed E-state index contributed by atoms with van der Waals surface area (Å²) in [5.41, 5.74) is 0.469. The van der Waals surface area contributed by atoms with Crippen LogP contribution in [-0.4, -0.2) is 32.9 Å². The number of hydrogen-bond acceptors (Lipinski definition) is 6. The van der Waals surface area contributed by atoms with Crippen molar-refractivity contribution in [1.29, 1.82) is 0 Å². The average molecular weight is 434 g/mol. The van der Waals surface area contributed by atoms with Crippen LogP contribution in [0.1, 0.15) is 32.6 Å². The van der Waals surface area contributed by atoms with Crippen molar-refractivity contribution < 1.29 is 31.9 Å². The number of ether oxygens (including phenoxy) is 2. The number of rotatable bonds is 8. The molecule has 0 amide bonds. The summed E-state index contributed by atoms with van der Waals surface area (Å²) in [6, 6.07) is 3.36. The minimum atomic E-state index is -3.75. The molecule has 7 nitrogen and oxygen atoms in total. The Bertz CT molecular complexity index is 871. The van der Waals surface area contributed by atoms with Crippen LogP contribution in [-0.2, 0) is 29.1 Å². The summed E-state index contributed by atoms with van der Waals surface area (Å²) in [5.74, 6) is -2.31. The molecule has 1 unspecified atom stereocenters. The van der Waals surface area contributed by atoms with Crippen molar-refractivity contribution in [3.05, 3.63) is 40.7 Å². The molecule has 0 saturated heterocycles. The molecular formula is C18H21ClFNO6S. The van der Waals surface area contributed by atoms with Gasteiger partial charge in [-0.15, -0.1) is 0 Å². The zero-order chi connectivity index (χ0) is 20.7. The number of benzene rings is 1. The number of hydrogen-bond donors (Lipinski definition) is 1. The largest absolute Gasteiger partial charge is 0.428 e. The van der Waals surface area contributed by atoms with Crippen molar-refractivity contribution >= 4 is 39.3 Å². The first-order valence-electron chi connectivity index (χ1n) is 8.64. The predicted molar refractivity (Wildman–Crippen MR) is 102 cm³/mol. The second-order valence-electron chi connectivity index (χ2n) is 6.31. The molecule has 1 aromatic rings. The molecule has 0 bridgehead atoms. The summed E-state index contributed by atoms with van der Waals surface area (Å²) in [4.78, 5) is 22.9. The Labute approximate surface area is 167 Å². The zero-order valence-corrected chi connectivity index (χ0v) is 16.8. The van der Waals surface area contributed by atoms with Crippen LogP contribution in [0.2, 0.25) is 5.02 Å². The smallest absolute Gasteiger partial charge is 0.336 e. The van der Waals surface area contributed by atoms with E-state index in [1.165, 1.54) is 13.0 Å². The van der Waals surface area contributed by atoms with Gasteiger partial charge in [0, 0.05) is 12.5 Å². The first kappa shape index (κ1) is 22.2. The van der Waals surface area contributed by atoms with Crippen molar-refractivity contribution in [3.8, 4) is 0 Å². The van der Waals surface area contributed by atoms with Crippen molar-refractivity contribution in [2.24, 2.45) is 5.92 Å². The quantitative estimate of drug-likeness (QED) is 0.498. The fraction of sp³-hybridized carbons (Fsp3) is 0.444. The Morgan fingerprint density at radius 2 is 2.07 bits per heavy atom. The highest BCUT2D eigenvalue weighted by Crippen LogP contribution is 2.30. The van der Waals surface area contributed by atoms with Crippen molar-refractivity contribution in [3.63, 3.8) is 0 Å². The van der Waals surface area contributed by atoms with Gasteiger partial charge in [-0.1, -0.05) is 17.7 Å². The van der Waals surface area contributed by atoms with Crippen LogP contribution in [0, 0.1) is 11.7 Å². The molecule has 0 spiro atoms. The van der Waals surface area contributed by atoms with Gasteiger partial charge in [-0.25, -0.2) is 17.6 Å². The molecule has 1 aliphatic carbocycles. The lowest BCUT2D eigenvalue weighted by Gasteiger charge is -2.23. The predicted octanol–water partition coefficient (Wildman–Crippen LogP) is 3.40. The summed E-state index contributed by atoms with van der Waals surface area (Å²) in [5, 5.41) is -0.0455. The molecule has 2 rings (SSSR count). The van der Waals surface area contributed by atoms with Gasteiger partial charge in [0.1, 0.15) is 5.82 Å². The molecule has 0 fully saturated rings. The van der Waals surface area contributed by atoms with E-state index in [1.54, 1.807) is 6.08 Å². The number of esters is 2. The first-order chi connectivity index (χ1) is 13.2. The monoisotopic (exact) mass is 433 g/mol. The molecule has 1 aromatic carbocycles. The summed E-state index contributed by atoms with van der Waals surface area (Å²) in [6.07, 6.45) is 4.07. The maximum atomic E-state index is 13.1. The van der Waals surface area contributed by atoms with Gasteiger partial charge in [0.05, 0.1) is 16.5 Å². The van der Waals surface area contributed by atoms with Gasteiger partial charge in [0.2, 0.25) is 16.8 Å². The molecule has 0 heterocycles. The van der Waals surface area contributed by atoms with E-state index in [-0.39, 0.29) is 28.8 Å². The van der Waals surface area contributed by atoms with Crippen molar-refractivity contribution in [1.82, 2.24) is 0 Å². The van der Waals surface area contributed by atoms with E-state index < -0.39 is 34.6 Å². The topological polar surface area (TPSA) is 98.8 Å². The Hall–Kier alpha value is -2.13. The summed E-state index contributed by atoms with van der Waals surface area (Å²) < 4.78 is 49.6. The molecule has 154 valence electrons. The zero-order valence-electron chi connectivity index (χ0n) is 15.2. The highest BCUT2D eigenvalue weighted by Gasteiger charge is 2.27. The van der Waals surface area contributed by atoms with Gasteiger partial charge in [-0.05, 0) is 49.8 Å². The van der Waals surface area contributed by atoms with E-state index in [9.17, 15) is 22.4 Å². The fourth-order valence-electron chi connectivity index (χ4n) is 2.83. The molecular weight excluding hydrogens is 413 g/mol. The third-order valence-electron chi connectivity index (χ3n) is 4.18. The van der Waals surface area contributed by atoms with Crippen LogP contribution in [0.3, 0.4) is 0 Å². The Morgan fingerprint density at radius 3 is 2.75 bits per heavy atom. The van der Waals surface area contributed by atoms with Crippen molar-refractivity contribution in [2.45, 2.75) is 32.6 Å². The van der Waals surface area contributed by atoms with Gasteiger partial charge in [0.15, 0.2) is 0 Å². The molecule has 0 aromatic heterocycles. The Morgan fingerprint density at radius 1 is 1.32 bits per heavy atom. The molecule has 0 radical (unpaired) electrons. The van der Waals surface area contributed by atoms with Gasteiger partial charge < -0.3 is 9.47 Å². The third-order valence-corrected chi connectivity index (χ3v) is 5.80. The normalized spacial score (nSPS) is 16.8.